The van der Waals surface area contributed by atoms with Crippen LogP contribution in [0.5, 0.6) is 0 Å². The topological polar surface area (TPSA) is 102 Å². The number of hydrogen-bond acceptors (Lipinski definition) is 4. The van der Waals surface area contributed by atoms with Crippen molar-refractivity contribution in [3.63, 3.8) is 0 Å². The van der Waals surface area contributed by atoms with Gasteiger partial charge in [-0.05, 0) is 35.6 Å². The van der Waals surface area contributed by atoms with Gasteiger partial charge in [0, 0.05) is 12.6 Å². The molecule has 1 aliphatic rings. The summed E-state index contributed by atoms with van der Waals surface area (Å²) in [6.45, 7) is 0. The number of allylic oxidation sites excluding steroid dienone is 1. The molecule has 6 nitrogen and oxygen atoms in total. The number of benzene rings is 1. The lowest BCUT2D eigenvalue weighted by Crippen LogP contribution is -2.39. The number of pyridine rings is 1. The molecular formula is C20H19N3O3. The second kappa shape index (κ2) is 7.74. The third kappa shape index (κ3) is 4.03. The highest BCUT2D eigenvalue weighted by molar-refractivity contribution is 6.01. The fourth-order valence-corrected chi connectivity index (χ4v) is 3.04. The Morgan fingerprint density at radius 1 is 1.27 bits per heavy atom. The first-order valence-corrected chi connectivity index (χ1v) is 8.38. The average Bonchev–Trinajstić information content (AvgIpc) is 2.62. The van der Waals surface area contributed by atoms with E-state index in [-0.39, 0.29) is 23.4 Å². The van der Waals surface area contributed by atoms with Gasteiger partial charge < -0.3 is 5.73 Å². The maximum Gasteiger partial charge on any atom is 0.267 e. The SMILES string of the molecule is NC(=O)c1ncccc1CC=Cc1cccc(C2CCC(=O)NC2=O)c1. The van der Waals surface area contributed by atoms with Gasteiger partial charge in [0.1, 0.15) is 5.69 Å². The van der Waals surface area contributed by atoms with Crippen LogP contribution >= 0.6 is 0 Å². The van der Waals surface area contributed by atoms with Crippen molar-refractivity contribution in [2.45, 2.75) is 25.2 Å². The summed E-state index contributed by atoms with van der Waals surface area (Å²) >= 11 is 0. The molecule has 1 aliphatic heterocycles. The van der Waals surface area contributed by atoms with Crippen LogP contribution in [0.4, 0.5) is 0 Å². The van der Waals surface area contributed by atoms with Crippen LogP contribution < -0.4 is 11.1 Å². The summed E-state index contributed by atoms with van der Waals surface area (Å²) in [7, 11) is 0. The first-order chi connectivity index (χ1) is 12.5. The standard InChI is InChI=1S/C20H19N3O3/c21-19(25)18-14(8-3-11-22-18)6-1-4-13-5-2-7-15(12-13)16-9-10-17(24)23-20(16)26/h1-5,7-8,11-12,16H,6,9-10H2,(H2,21,25)(H,23,24,26). The highest BCUT2D eigenvalue weighted by Gasteiger charge is 2.27. The molecule has 26 heavy (non-hydrogen) atoms. The van der Waals surface area contributed by atoms with E-state index in [0.717, 1.165) is 16.7 Å². The molecule has 1 saturated heterocycles. The molecule has 6 heteroatoms. The monoisotopic (exact) mass is 349 g/mol. The zero-order chi connectivity index (χ0) is 18.5. The minimum absolute atomic E-state index is 0.218. The van der Waals surface area contributed by atoms with Gasteiger partial charge in [-0.25, -0.2) is 0 Å². The normalized spacial score (nSPS) is 17.3. The second-order valence-corrected chi connectivity index (χ2v) is 6.16. The number of rotatable bonds is 5. The van der Waals surface area contributed by atoms with E-state index in [2.05, 4.69) is 10.3 Å². The number of nitrogens with zero attached hydrogens (tertiary/aromatic N) is 1. The molecule has 0 aliphatic carbocycles. The molecule has 2 aromatic rings. The fraction of sp³-hybridized carbons (Fsp3) is 0.200. The zero-order valence-electron chi connectivity index (χ0n) is 14.1. The third-order valence-corrected chi connectivity index (χ3v) is 4.32. The van der Waals surface area contributed by atoms with Crippen molar-refractivity contribution in [3.8, 4) is 0 Å². The number of primary amides is 1. The van der Waals surface area contributed by atoms with Crippen LogP contribution in [0.1, 0.15) is 45.9 Å². The highest BCUT2D eigenvalue weighted by atomic mass is 16.2. The van der Waals surface area contributed by atoms with Gasteiger partial charge in [-0.2, -0.15) is 0 Å². The molecule has 1 unspecified atom stereocenters. The minimum Gasteiger partial charge on any atom is -0.364 e. The van der Waals surface area contributed by atoms with Crippen molar-refractivity contribution in [3.05, 3.63) is 71.1 Å². The van der Waals surface area contributed by atoms with Crippen molar-refractivity contribution in [2.24, 2.45) is 5.73 Å². The third-order valence-electron chi connectivity index (χ3n) is 4.32. The number of carbonyl (C=O) groups excluding carboxylic acids is 3. The number of imide groups is 1. The lowest BCUT2D eigenvalue weighted by Gasteiger charge is -2.21. The number of hydrogen-bond donors (Lipinski definition) is 2. The van der Waals surface area contributed by atoms with Gasteiger partial charge in [-0.15, -0.1) is 0 Å². The van der Waals surface area contributed by atoms with E-state index in [0.29, 0.717) is 19.3 Å². The predicted octanol–water partition coefficient (Wildman–Crippen LogP) is 1.96. The zero-order valence-corrected chi connectivity index (χ0v) is 14.1. The second-order valence-electron chi connectivity index (χ2n) is 6.16. The minimum atomic E-state index is -0.547. The molecule has 3 N–H and O–H groups in total. The molecule has 1 fully saturated rings. The Morgan fingerprint density at radius 3 is 2.88 bits per heavy atom. The maximum absolute atomic E-state index is 12.0. The highest BCUT2D eigenvalue weighted by Crippen LogP contribution is 2.25. The van der Waals surface area contributed by atoms with E-state index >= 15 is 0 Å². The Hall–Kier alpha value is -3.28. The summed E-state index contributed by atoms with van der Waals surface area (Å²) in [4.78, 5) is 38.7. The molecule has 0 bridgehead atoms. The van der Waals surface area contributed by atoms with Gasteiger partial charge in [0.15, 0.2) is 0 Å². The van der Waals surface area contributed by atoms with Crippen LogP contribution in [-0.4, -0.2) is 22.7 Å². The van der Waals surface area contributed by atoms with Crippen molar-refractivity contribution in [2.75, 3.05) is 0 Å². The van der Waals surface area contributed by atoms with E-state index < -0.39 is 5.91 Å². The van der Waals surface area contributed by atoms with Crippen LogP contribution in [0.25, 0.3) is 6.08 Å². The first-order valence-electron chi connectivity index (χ1n) is 8.38. The Balaban J connectivity index is 1.73. The summed E-state index contributed by atoms with van der Waals surface area (Å²) in [5.41, 5.74) is 8.20. The van der Waals surface area contributed by atoms with Gasteiger partial charge >= 0.3 is 0 Å². The van der Waals surface area contributed by atoms with Crippen molar-refractivity contribution in [1.82, 2.24) is 10.3 Å². The van der Waals surface area contributed by atoms with Gasteiger partial charge in [0.05, 0.1) is 5.92 Å². The lowest BCUT2D eigenvalue weighted by atomic mass is 9.89. The number of nitrogens with one attached hydrogen (secondary N) is 1. The van der Waals surface area contributed by atoms with Crippen molar-refractivity contribution >= 4 is 23.8 Å². The number of piperidine rings is 1. The van der Waals surface area contributed by atoms with Crippen molar-refractivity contribution < 1.29 is 14.4 Å². The van der Waals surface area contributed by atoms with Crippen LogP contribution in [0.3, 0.4) is 0 Å². The average molecular weight is 349 g/mol. The van der Waals surface area contributed by atoms with Crippen LogP contribution in [-0.2, 0) is 16.0 Å². The smallest absolute Gasteiger partial charge is 0.267 e. The summed E-state index contributed by atoms with van der Waals surface area (Å²) in [6.07, 6.45) is 6.79. The van der Waals surface area contributed by atoms with Crippen molar-refractivity contribution in [1.29, 1.82) is 0 Å². The molecular weight excluding hydrogens is 330 g/mol. The Labute approximate surface area is 151 Å². The number of nitrogens with two attached hydrogens (primary N) is 1. The summed E-state index contributed by atoms with van der Waals surface area (Å²) in [5, 5.41) is 2.38. The molecule has 132 valence electrons. The molecule has 0 radical (unpaired) electrons. The molecule has 2 heterocycles. The molecule has 1 aromatic carbocycles. The van der Waals surface area contributed by atoms with Crippen LogP contribution in [0.15, 0.2) is 48.7 Å². The summed E-state index contributed by atoms with van der Waals surface area (Å²) in [5.74, 6) is -1.32. The Morgan fingerprint density at radius 2 is 2.12 bits per heavy atom. The largest absolute Gasteiger partial charge is 0.364 e. The number of amides is 3. The Kier molecular flexibility index (Phi) is 5.22. The molecule has 0 saturated carbocycles. The van der Waals surface area contributed by atoms with Gasteiger partial charge in [0.2, 0.25) is 11.8 Å². The van der Waals surface area contributed by atoms with E-state index in [1.165, 1.54) is 6.20 Å². The summed E-state index contributed by atoms with van der Waals surface area (Å²) < 4.78 is 0. The van der Waals surface area contributed by atoms with E-state index in [1.54, 1.807) is 6.07 Å². The van der Waals surface area contributed by atoms with Crippen LogP contribution in [0, 0.1) is 0 Å². The van der Waals surface area contributed by atoms with Gasteiger partial charge in [-0.1, -0.05) is 42.5 Å². The molecule has 0 spiro atoms. The fourth-order valence-electron chi connectivity index (χ4n) is 3.04. The van der Waals surface area contributed by atoms with E-state index in [9.17, 15) is 14.4 Å². The molecule has 1 aromatic heterocycles. The molecule has 3 rings (SSSR count). The number of carbonyl (C=O) groups is 3. The van der Waals surface area contributed by atoms with E-state index in [4.69, 9.17) is 5.73 Å². The summed E-state index contributed by atoms with van der Waals surface area (Å²) in [6, 6.07) is 11.2. The van der Waals surface area contributed by atoms with Gasteiger partial charge in [0.25, 0.3) is 5.91 Å². The Bertz CT molecular complexity index is 889. The lowest BCUT2D eigenvalue weighted by molar-refractivity contribution is -0.134. The number of aromatic nitrogens is 1. The maximum atomic E-state index is 12.0. The quantitative estimate of drug-likeness (QED) is 0.806. The molecule has 3 amide bonds. The van der Waals surface area contributed by atoms with Gasteiger partial charge in [-0.3, -0.25) is 24.7 Å². The first kappa shape index (κ1) is 17.5. The molecule has 1 atom stereocenters. The van der Waals surface area contributed by atoms with E-state index in [1.807, 2.05) is 42.5 Å². The predicted molar refractivity (Wildman–Crippen MR) is 97.1 cm³/mol. The van der Waals surface area contributed by atoms with Crippen LogP contribution in [0.2, 0.25) is 0 Å².